The van der Waals surface area contributed by atoms with Gasteiger partial charge in [-0.1, -0.05) is 0 Å². The number of benzene rings is 1. The van der Waals surface area contributed by atoms with Crippen LogP contribution < -0.4 is 21.1 Å². The van der Waals surface area contributed by atoms with Gasteiger partial charge >= 0.3 is 5.69 Å². The first-order valence-electron chi connectivity index (χ1n) is 7.84. The highest BCUT2D eigenvalue weighted by atomic mass is 32.2. The van der Waals surface area contributed by atoms with Gasteiger partial charge in [0.1, 0.15) is 10.8 Å². The summed E-state index contributed by atoms with van der Waals surface area (Å²) in [6, 6.07) is 6.79. The first-order chi connectivity index (χ1) is 12.4. The van der Waals surface area contributed by atoms with Crippen LogP contribution in [0.4, 0.5) is 5.69 Å². The normalized spacial score (nSPS) is 10.3. The van der Waals surface area contributed by atoms with Gasteiger partial charge in [-0.2, -0.15) is 4.98 Å². The summed E-state index contributed by atoms with van der Waals surface area (Å²) in [4.78, 5) is 41.5. The molecule has 0 aliphatic heterocycles. The third kappa shape index (κ3) is 5.09. The number of aromatic nitrogens is 2. The van der Waals surface area contributed by atoms with Crippen molar-refractivity contribution < 1.29 is 14.3 Å². The number of carbonyl (C=O) groups is 2. The second-order valence-corrected chi connectivity index (χ2v) is 6.10. The molecule has 1 aromatic carbocycles. The molecule has 3 N–H and O–H groups in total. The van der Waals surface area contributed by atoms with E-state index >= 15 is 0 Å². The second kappa shape index (κ2) is 9.04. The number of nitrogens with one attached hydrogen (secondary N) is 3. The molecule has 0 saturated carbocycles. The molecule has 1 aromatic heterocycles. The van der Waals surface area contributed by atoms with E-state index in [1.54, 1.807) is 44.5 Å². The number of H-pyrrole nitrogens is 1. The fourth-order valence-corrected chi connectivity index (χ4v) is 2.81. The molecule has 26 heavy (non-hydrogen) atoms. The van der Waals surface area contributed by atoms with Crippen molar-refractivity contribution in [2.45, 2.75) is 18.4 Å². The minimum Gasteiger partial charge on any atom is -0.493 e. The molecule has 1 heterocycles. The molecule has 2 amide bonds. The molecular weight excluding hydrogens is 356 g/mol. The van der Waals surface area contributed by atoms with Crippen molar-refractivity contribution in [2.24, 2.45) is 0 Å². The van der Waals surface area contributed by atoms with Crippen LogP contribution in [0.25, 0.3) is 0 Å². The van der Waals surface area contributed by atoms with Crippen molar-refractivity contribution in [3.8, 4) is 5.75 Å². The molecule has 2 rings (SSSR count). The van der Waals surface area contributed by atoms with Gasteiger partial charge < -0.3 is 20.4 Å². The van der Waals surface area contributed by atoms with E-state index in [-0.39, 0.29) is 24.8 Å². The summed E-state index contributed by atoms with van der Waals surface area (Å²) < 4.78 is 5.47. The molecule has 8 nitrogen and oxygen atoms in total. The summed E-state index contributed by atoms with van der Waals surface area (Å²) in [6.07, 6.45) is 2.02. The number of ether oxygens (including phenoxy) is 1. The van der Waals surface area contributed by atoms with E-state index < -0.39 is 5.69 Å². The maximum absolute atomic E-state index is 12.5. The molecule has 0 unspecified atom stereocenters. The Balaban J connectivity index is 2.04. The van der Waals surface area contributed by atoms with Crippen LogP contribution in [-0.4, -0.2) is 41.7 Å². The lowest BCUT2D eigenvalue weighted by Crippen LogP contribution is -2.22. The Bertz CT molecular complexity index is 849. The Labute approximate surface area is 154 Å². The zero-order valence-electron chi connectivity index (χ0n) is 14.7. The zero-order valence-corrected chi connectivity index (χ0v) is 15.5. The van der Waals surface area contributed by atoms with E-state index in [4.69, 9.17) is 4.74 Å². The highest BCUT2D eigenvalue weighted by Gasteiger charge is 2.17. The molecular formula is C17H20N4O4S. The number of thioether (sulfide) groups is 1. The summed E-state index contributed by atoms with van der Waals surface area (Å²) in [5.74, 6) is 0.144. The number of aromatic amines is 1. The maximum Gasteiger partial charge on any atom is 0.346 e. The summed E-state index contributed by atoms with van der Waals surface area (Å²) >= 11 is 1.23. The van der Waals surface area contributed by atoms with Gasteiger partial charge in [0.25, 0.3) is 5.91 Å². The van der Waals surface area contributed by atoms with Crippen molar-refractivity contribution >= 4 is 29.3 Å². The number of hydrogen-bond donors (Lipinski definition) is 3. The molecule has 138 valence electrons. The summed E-state index contributed by atoms with van der Waals surface area (Å²) in [6.45, 7) is 1.92. The molecule has 0 radical (unpaired) electrons. The van der Waals surface area contributed by atoms with E-state index in [1.807, 2.05) is 0 Å². The third-order valence-electron chi connectivity index (χ3n) is 3.50. The number of aryl methyl sites for hydroxylation is 1. The van der Waals surface area contributed by atoms with Gasteiger partial charge in [0.15, 0.2) is 0 Å². The monoisotopic (exact) mass is 376 g/mol. The van der Waals surface area contributed by atoms with Gasteiger partial charge in [-0.05, 0) is 37.4 Å². The topological polar surface area (TPSA) is 113 Å². The average molecular weight is 376 g/mol. The standard InChI is InChI=1S/C17H20N4O4S/c1-10-14(16(26-3)21-17(24)19-10)15(23)20-11-4-6-12(7-5-11)25-9-8-13(22)18-2/h4-7H,8-9H2,1-3H3,(H,18,22)(H,20,23)(H,19,21,24). The summed E-state index contributed by atoms with van der Waals surface area (Å²) in [5.41, 5.74) is 0.886. The molecule has 0 bridgehead atoms. The van der Waals surface area contributed by atoms with Gasteiger partial charge in [-0.25, -0.2) is 4.79 Å². The number of rotatable bonds is 7. The number of amides is 2. The first-order valence-corrected chi connectivity index (χ1v) is 9.06. The van der Waals surface area contributed by atoms with Gasteiger partial charge in [-0.15, -0.1) is 11.8 Å². The highest BCUT2D eigenvalue weighted by molar-refractivity contribution is 7.98. The fraction of sp³-hybridized carbons (Fsp3) is 0.294. The van der Waals surface area contributed by atoms with Crippen molar-refractivity contribution in [1.82, 2.24) is 15.3 Å². The third-order valence-corrected chi connectivity index (χ3v) is 4.18. The lowest BCUT2D eigenvalue weighted by atomic mass is 10.2. The van der Waals surface area contributed by atoms with Crippen LogP contribution in [0.1, 0.15) is 22.5 Å². The molecule has 0 saturated heterocycles. The number of carbonyl (C=O) groups excluding carboxylic acids is 2. The second-order valence-electron chi connectivity index (χ2n) is 5.30. The predicted molar refractivity (Wildman–Crippen MR) is 99.9 cm³/mol. The maximum atomic E-state index is 12.5. The van der Waals surface area contributed by atoms with Crippen molar-refractivity contribution in [2.75, 3.05) is 25.2 Å². The largest absolute Gasteiger partial charge is 0.493 e. The van der Waals surface area contributed by atoms with Crippen LogP contribution >= 0.6 is 11.8 Å². The minimum atomic E-state index is -0.485. The fourth-order valence-electron chi connectivity index (χ4n) is 2.19. The van der Waals surface area contributed by atoms with Gasteiger partial charge in [0.2, 0.25) is 5.91 Å². The Hall–Kier alpha value is -2.81. The Morgan fingerprint density at radius 1 is 1.27 bits per heavy atom. The lowest BCUT2D eigenvalue weighted by molar-refractivity contribution is -0.121. The van der Waals surface area contributed by atoms with Crippen LogP contribution in [-0.2, 0) is 4.79 Å². The Kier molecular flexibility index (Phi) is 6.79. The predicted octanol–water partition coefficient (Wildman–Crippen LogP) is 1.57. The van der Waals surface area contributed by atoms with E-state index in [2.05, 4.69) is 20.6 Å². The molecule has 0 spiro atoms. The van der Waals surface area contributed by atoms with E-state index in [9.17, 15) is 14.4 Å². The molecule has 0 aliphatic rings. The van der Waals surface area contributed by atoms with Gasteiger partial charge in [0.05, 0.1) is 18.6 Å². The SMILES string of the molecule is CNC(=O)CCOc1ccc(NC(=O)c2c(SC)nc(=O)[nH]c2C)cc1. The van der Waals surface area contributed by atoms with Crippen LogP contribution in [0.3, 0.4) is 0 Å². The van der Waals surface area contributed by atoms with E-state index in [0.29, 0.717) is 27.7 Å². The molecule has 0 aliphatic carbocycles. The van der Waals surface area contributed by atoms with Crippen LogP contribution in [0.2, 0.25) is 0 Å². The smallest absolute Gasteiger partial charge is 0.346 e. The van der Waals surface area contributed by atoms with Crippen molar-refractivity contribution in [3.05, 3.63) is 46.0 Å². The quantitative estimate of drug-likeness (QED) is 0.499. The number of nitrogens with zero attached hydrogens (tertiary/aromatic N) is 1. The average Bonchev–Trinajstić information content (AvgIpc) is 2.62. The summed E-state index contributed by atoms with van der Waals surface area (Å²) in [5, 5.41) is 5.66. The molecule has 0 fully saturated rings. The minimum absolute atomic E-state index is 0.0941. The van der Waals surface area contributed by atoms with Crippen molar-refractivity contribution in [3.63, 3.8) is 0 Å². The number of hydrogen-bond acceptors (Lipinski definition) is 6. The lowest BCUT2D eigenvalue weighted by Gasteiger charge is -2.11. The van der Waals surface area contributed by atoms with Gasteiger partial charge in [0, 0.05) is 18.4 Å². The molecule has 2 aromatic rings. The van der Waals surface area contributed by atoms with Crippen molar-refractivity contribution in [1.29, 1.82) is 0 Å². The molecule has 0 atom stereocenters. The van der Waals surface area contributed by atoms with Gasteiger partial charge in [-0.3, -0.25) is 9.59 Å². The summed E-state index contributed by atoms with van der Waals surface area (Å²) in [7, 11) is 1.57. The number of anilines is 1. The van der Waals surface area contributed by atoms with Crippen LogP contribution in [0.15, 0.2) is 34.1 Å². The van der Waals surface area contributed by atoms with Crippen LogP contribution in [0.5, 0.6) is 5.75 Å². The first kappa shape index (κ1) is 19.5. The van der Waals surface area contributed by atoms with E-state index in [0.717, 1.165) is 0 Å². The Morgan fingerprint density at radius 3 is 2.58 bits per heavy atom. The zero-order chi connectivity index (χ0) is 19.1. The van der Waals surface area contributed by atoms with E-state index in [1.165, 1.54) is 11.8 Å². The van der Waals surface area contributed by atoms with Crippen LogP contribution in [0, 0.1) is 6.92 Å². The molecule has 9 heteroatoms. The highest BCUT2D eigenvalue weighted by Crippen LogP contribution is 2.21. The Morgan fingerprint density at radius 2 is 1.96 bits per heavy atom.